The zero-order chi connectivity index (χ0) is 13.7. The highest BCUT2D eigenvalue weighted by Crippen LogP contribution is 2.28. The van der Waals surface area contributed by atoms with Crippen molar-refractivity contribution in [1.82, 2.24) is 5.43 Å². The molecule has 5 nitrogen and oxygen atoms in total. The Kier molecular flexibility index (Phi) is 4.39. The van der Waals surface area contributed by atoms with Crippen molar-refractivity contribution in [3.05, 3.63) is 23.8 Å². The summed E-state index contributed by atoms with van der Waals surface area (Å²) < 4.78 is 5.40. The third-order valence-electron chi connectivity index (χ3n) is 2.80. The van der Waals surface area contributed by atoms with Crippen LogP contribution in [0, 0.1) is 5.92 Å². The van der Waals surface area contributed by atoms with Crippen LogP contribution >= 0.6 is 0 Å². The summed E-state index contributed by atoms with van der Waals surface area (Å²) in [5, 5.41) is 13.6. The van der Waals surface area contributed by atoms with Gasteiger partial charge in [0.15, 0.2) is 0 Å². The summed E-state index contributed by atoms with van der Waals surface area (Å²) in [6, 6.07) is 5.01. The third kappa shape index (κ3) is 3.98. The molecule has 102 valence electrons. The number of rotatable bonds is 6. The van der Waals surface area contributed by atoms with Crippen LogP contribution in [0.2, 0.25) is 0 Å². The number of ether oxygens (including phenoxy) is 1. The van der Waals surface area contributed by atoms with Gasteiger partial charge in [-0.05, 0) is 31.4 Å². The average molecular weight is 262 g/mol. The monoisotopic (exact) mass is 262 g/mol. The molecule has 1 saturated carbocycles. The minimum atomic E-state index is -0.0568. The maximum atomic E-state index is 11.3. The minimum absolute atomic E-state index is 0.0568. The fourth-order valence-electron chi connectivity index (χ4n) is 1.54. The van der Waals surface area contributed by atoms with E-state index in [0.717, 1.165) is 19.3 Å². The topological polar surface area (TPSA) is 70.9 Å². The maximum Gasteiger partial charge on any atom is 0.243 e. The summed E-state index contributed by atoms with van der Waals surface area (Å²) in [6.07, 6.45) is 4.22. The summed E-state index contributed by atoms with van der Waals surface area (Å²) in [6.45, 7) is 2.63. The Labute approximate surface area is 112 Å². The number of carbonyl (C=O) groups is 1. The third-order valence-corrected chi connectivity index (χ3v) is 2.80. The van der Waals surface area contributed by atoms with Crippen LogP contribution in [-0.4, -0.2) is 23.8 Å². The summed E-state index contributed by atoms with van der Waals surface area (Å²) in [7, 11) is 0. The molecule has 0 spiro atoms. The fourth-order valence-corrected chi connectivity index (χ4v) is 1.54. The SMILES string of the molecule is CCCOc1ccc(/C=N/NC(=O)C2CC2)c(O)c1. The van der Waals surface area contributed by atoms with E-state index < -0.39 is 0 Å². The number of hydrogen-bond acceptors (Lipinski definition) is 4. The van der Waals surface area contributed by atoms with Gasteiger partial charge >= 0.3 is 0 Å². The molecule has 1 aromatic rings. The van der Waals surface area contributed by atoms with Gasteiger partial charge in [0.25, 0.3) is 0 Å². The molecule has 0 saturated heterocycles. The van der Waals surface area contributed by atoms with Crippen LogP contribution in [0.1, 0.15) is 31.7 Å². The largest absolute Gasteiger partial charge is 0.507 e. The normalized spacial score (nSPS) is 14.6. The number of nitrogens with one attached hydrogen (secondary N) is 1. The van der Waals surface area contributed by atoms with Crippen LogP contribution in [0.4, 0.5) is 0 Å². The van der Waals surface area contributed by atoms with Crippen LogP contribution in [0.25, 0.3) is 0 Å². The Balaban J connectivity index is 1.92. The number of hydrogen-bond donors (Lipinski definition) is 2. The molecule has 0 bridgehead atoms. The van der Waals surface area contributed by atoms with Crippen molar-refractivity contribution in [1.29, 1.82) is 0 Å². The first-order valence-electron chi connectivity index (χ1n) is 6.49. The molecule has 0 aromatic heterocycles. The molecule has 1 fully saturated rings. The van der Waals surface area contributed by atoms with Gasteiger partial charge in [0, 0.05) is 17.5 Å². The molecule has 1 aliphatic rings. The van der Waals surface area contributed by atoms with E-state index in [-0.39, 0.29) is 17.6 Å². The Bertz CT molecular complexity index is 482. The van der Waals surface area contributed by atoms with Gasteiger partial charge in [-0.1, -0.05) is 6.92 Å². The number of hydrazone groups is 1. The van der Waals surface area contributed by atoms with Gasteiger partial charge in [-0.3, -0.25) is 4.79 Å². The Morgan fingerprint density at radius 2 is 2.37 bits per heavy atom. The van der Waals surface area contributed by atoms with Crippen LogP contribution in [0.5, 0.6) is 11.5 Å². The standard InChI is InChI=1S/C14H18N2O3/c1-2-7-19-12-6-5-11(13(17)8-12)9-15-16-14(18)10-3-4-10/h5-6,8-10,17H,2-4,7H2,1H3,(H,16,18)/b15-9+. The quantitative estimate of drug-likeness (QED) is 0.608. The zero-order valence-corrected chi connectivity index (χ0v) is 10.9. The number of nitrogens with zero attached hydrogens (tertiary/aromatic N) is 1. The predicted octanol–water partition coefficient (Wildman–Crippen LogP) is 2.04. The van der Waals surface area contributed by atoms with Crippen LogP contribution in [-0.2, 0) is 4.79 Å². The van der Waals surface area contributed by atoms with Gasteiger partial charge < -0.3 is 9.84 Å². The highest BCUT2D eigenvalue weighted by atomic mass is 16.5. The molecular weight excluding hydrogens is 244 g/mol. The summed E-state index contributed by atoms with van der Waals surface area (Å²) in [5.74, 6) is 0.769. The highest BCUT2D eigenvalue weighted by Gasteiger charge is 2.29. The van der Waals surface area contributed by atoms with E-state index in [2.05, 4.69) is 10.5 Å². The first kappa shape index (κ1) is 13.4. The molecule has 0 radical (unpaired) electrons. The van der Waals surface area contributed by atoms with Gasteiger partial charge in [-0.15, -0.1) is 0 Å². The Morgan fingerprint density at radius 1 is 1.58 bits per heavy atom. The Hall–Kier alpha value is -2.04. The molecule has 1 amide bonds. The van der Waals surface area contributed by atoms with Gasteiger partial charge in [-0.25, -0.2) is 5.43 Å². The second-order valence-electron chi connectivity index (χ2n) is 4.58. The second-order valence-corrected chi connectivity index (χ2v) is 4.58. The van der Waals surface area contributed by atoms with E-state index in [0.29, 0.717) is 17.9 Å². The number of carbonyl (C=O) groups excluding carboxylic acids is 1. The summed E-state index contributed by atoms with van der Waals surface area (Å²) >= 11 is 0. The molecule has 0 heterocycles. The van der Waals surface area contributed by atoms with Crippen molar-refractivity contribution in [2.24, 2.45) is 11.0 Å². The molecule has 0 atom stereocenters. The smallest absolute Gasteiger partial charge is 0.243 e. The number of aromatic hydroxyl groups is 1. The van der Waals surface area contributed by atoms with E-state index in [9.17, 15) is 9.90 Å². The molecule has 0 aliphatic heterocycles. The minimum Gasteiger partial charge on any atom is -0.507 e. The predicted molar refractivity (Wildman–Crippen MR) is 72.4 cm³/mol. The van der Waals surface area contributed by atoms with E-state index in [4.69, 9.17) is 4.74 Å². The molecule has 2 N–H and O–H groups in total. The van der Waals surface area contributed by atoms with Crippen LogP contribution < -0.4 is 10.2 Å². The highest BCUT2D eigenvalue weighted by molar-refractivity contribution is 5.86. The van der Waals surface area contributed by atoms with E-state index >= 15 is 0 Å². The van der Waals surface area contributed by atoms with Gasteiger partial charge in [-0.2, -0.15) is 5.10 Å². The van der Waals surface area contributed by atoms with E-state index in [1.165, 1.54) is 6.21 Å². The number of phenols is 1. The van der Waals surface area contributed by atoms with Crippen molar-refractivity contribution in [3.63, 3.8) is 0 Å². The van der Waals surface area contributed by atoms with Gasteiger partial charge in [0.1, 0.15) is 11.5 Å². The summed E-state index contributed by atoms with van der Waals surface area (Å²) in [5.41, 5.74) is 3.00. The first-order chi connectivity index (χ1) is 9.20. The van der Waals surface area contributed by atoms with Crippen LogP contribution in [0.3, 0.4) is 0 Å². The number of phenolic OH excluding ortho intramolecular Hbond substituents is 1. The lowest BCUT2D eigenvalue weighted by molar-refractivity contribution is -0.122. The lowest BCUT2D eigenvalue weighted by atomic mass is 10.2. The molecule has 1 aromatic carbocycles. The molecule has 2 rings (SSSR count). The first-order valence-corrected chi connectivity index (χ1v) is 6.49. The molecule has 19 heavy (non-hydrogen) atoms. The molecule has 5 heteroatoms. The van der Waals surface area contributed by atoms with Crippen molar-refractivity contribution < 1.29 is 14.6 Å². The lowest BCUT2D eigenvalue weighted by Crippen LogP contribution is -2.18. The zero-order valence-electron chi connectivity index (χ0n) is 10.9. The van der Waals surface area contributed by atoms with Crippen LogP contribution in [0.15, 0.2) is 23.3 Å². The number of amides is 1. The number of benzene rings is 1. The molecular formula is C14H18N2O3. The average Bonchev–Trinajstić information content (AvgIpc) is 3.22. The maximum absolute atomic E-state index is 11.3. The van der Waals surface area contributed by atoms with E-state index in [1.54, 1.807) is 18.2 Å². The summed E-state index contributed by atoms with van der Waals surface area (Å²) in [4.78, 5) is 11.3. The Morgan fingerprint density at radius 3 is 3.00 bits per heavy atom. The van der Waals surface area contributed by atoms with E-state index in [1.807, 2.05) is 6.92 Å². The van der Waals surface area contributed by atoms with Gasteiger partial charge in [0.2, 0.25) is 5.91 Å². The van der Waals surface area contributed by atoms with Crippen molar-refractivity contribution in [2.75, 3.05) is 6.61 Å². The fraction of sp³-hybridized carbons (Fsp3) is 0.429. The van der Waals surface area contributed by atoms with Crippen molar-refractivity contribution >= 4 is 12.1 Å². The molecule has 0 unspecified atom stereocenters. The second kappa shape index (κ2) is 6.22. The van der Waals surface area contributed by atoms with Crippen molar-refractivity contribution in [2.45, 2.75) is 26.2 Å². The lowest BCUT2D eigenvalue weighted by Gasteiger charge is -2.06. The van der Waals surface area contributed by atoms with Gasteiger partial charge in [0.05, 0.1) is 12.8 Å². The molecule has 1 aliphatic carbocycles. The van der Waals surface area contributed by atoms with Crippen molar-refractivity contribution in [3.8, 4) is 11.5 Å².